The van der Waals surface area contributed by atoms with Gasteiger partial charge in [-0.2, -0.15) is 0 Å². The molecule has 1 aliphatic carbocycles. The summed E-state index contributed by atoms with van der Waals surface area (Å²) < 4.78 is 6.12. The number of hydrogen-bond acceptors (Lipinski definition) is 5. The Kier molecular flexibility index (Phi) is 7.16. The average molecular weight is 508 g/mol. The van der Waals surface area contributed by atoms with Crippen LogP contribution in [0.2, 0.25) is 0 Å². The summed E-state index contributed by atoms with van der Waals surface area (Å²) in [5.74, 6) is 0.794. The van der Waals surface area contributed by atoms with E-state index in [9.17, 15) is 5.11 Å². The lowest BCUT2D eigenvalue weighted by atomic mass is 9.92. The first-order chi connectivity index (χ1) is 18.6. The lowest BCUT2D eigenvalue weighted by Gasteiger charge is -2.40. The number of pyridine rings is 1. The van der Waals surface area contributed by atoms with Crippen molar-refractivity contribution in [1.82, 2.24) is 14.8 Å². The topological polar surface area (TPSA) is 48.8 Å². The Morgan fingerprint density at radius 3 is 2.21 bits per heavy atom. The molecule has 0 spiro atoms. The van der Waals surface area contributed by atoms with Crippen LogP contribution < -0.4 is 4.74 Å². The number of β-amino-alcohol motifs (C(OH)–C–C–N with tert-alkyl or cyclic N) is 1. The summed E-state index contributed by atoms with van der Waals surface area (Å²) in [4.78, 5) is 9.65. The Morgan fingerprint density at radius 2 is 1.53 bits per heavy atom. The van der Waals surface area contributed by atoms with Crippen molar-refractivity contribution in [2.24, 2.45) is 0 Å². The molecule has 1 aliphatic heterocycles. The molecule has 1 atom stereocenters. The number of aryl methyl sites for hydroxylation is 4. The van der Waals surface area contributed by atoms with E-state index < -0.39 is 6.10 Å². The SMILES string of the molecule is Cc1cc(C)c2c(OCC(O)CN3CCN(C4c5ccccc5CCc5ccccc54)CC3)cccc2n1. The van der Waals surface area contributed by atoms with Crippen molar-refractivity contribution in [2.75, 3.05) is 39.3 Å². The van der Waals surface area contributed by atoms with Gasteiger partial charge in [0.25, 0.3) is 0 Å². The highest BCUT2D eigenvalue weighted by molar-refractivity contribution is 5.88. The largest absolute Gasteiger partial charge is 0.490 e. The molecule has 0 amide bonds. The standard InChI is InChI=1S/C33H37N3O2/c1-23-20-24(2)34-30-12-7-13-31(32(23)30)38-22-27(37)21-35-16-18-36(19-17-35)33-28-10-5-3-8-25(28)14-15-26-9-4-6-11-29(26)33/h3-13,20,27,33,37H,14-19,21-22H2,1-2H3. The molecule has 0 saturated carbocycles. The molecule has 2 heterocycles. The predicted molar refractivity (Wildman–Crippen MR) is 153 cm³/mol. The number of ether oxygens (including phenoxy) is 1. The predicted octanol–water partition coefficient (Wildman–Crippen LogP) is 5.10. The van der Waals surface area contributed by atoms with Gasteiger partial charge in [0.2, 0.25) is 0 Å². The second kappa shape index (κ2) is 10.9. The molecule has 3 aromatic carbocycles. The smallest absolute Gasteiger partial charge is 0.129 e. The number of fused-ring (bicyclic) bond motifs is 3. The second-order valence-corrected chi connectivity index (χ2v) is 10.8. The second-order valence-electron chi connectivity index (χ2n) is 10.8. The number of rotatable bonds is 6. The number of piperazine rings is 1. The van der Waals surface area contributed by atoms with E-state index in [0.29, 0.717) is 12.6 Å². The zero-order valence-corrected chi connectivity index (χ0v) is 22.4. The van der Waals surface area contributed by atoms with Crippen LogP contribution in [0.3, 0.4) is 0 Å². The van der Waals surface area contributed by atoms with Gasteiger partial charge in [-0.15, -0.1) is 0 Å². The maximum atomic E-state index is 10.9. The highest BCUT2D eigenvalue weighted by atomic mass is 16.5. The molecule has 2 aliphatic rings. The maximum absolute atomic E-state index is 10.9. The minimum Gasteiger partial charge on any atom is -0.490 e. The molecule has 4 aromatic rings. The first-order valence-corrected chi connectivity index (χ1v) is 13.9. The van der Waals surface area contributed by atoms with Gasteiger partial charge in [0, 0.05) is 43.8 Å². The van der Waals surface area contributed by atoms with Crippen LogP contribution in [-0.2, 0) is 12.8 Å². The van der Waals surface area contributed by atoms with Crippen molar-refractivity contribution in [3.8, 4) is 5.75 Å². The molecule has 6 rings (SSSR count). The molecule has 5 heteroatoms. The summed E-state index contributed by atoms with van der Waals surface area (Å²) in [5, 5.41) is 11.9. The van der Waals surface area contributed by atoms with E-state index in [4.69, 9.17) is 4.74 Å². The summed E-state index contributed by atoms with van der Waals surface area (Å²) in [6.07, 6.45) is 1.65. The van der Waals surface area contributed by atoms with Gasteiger partial charge in [0.15, 0.2) is 0 Å². The van der Waals surface area contributed by atoms with Crippen LogP contribution >= 0.6 is 0 Å². The first kappa shape index (κ1) is 25.1. The van der Waals surface area contributed by atoms with Crippen LogP contribution in [0.5, 0.6) is 5.75 Å². The average Bonchev–Trinajstić information content (AvgIpc) is 3.09. The lowest BCUT2D eigenvalue weighted by Crippen LogP contribution is -2.50. The molecular formula is C33H37N3O2. The zero-order chi connectivity index (χ0) is 26.1. The lowest BCUT2D eigenvalue weighted by molar-refractivity contribution is 0.0403. The van der Waals surface area contributed by atoms with Crippen LogP contribution in [0.25, 0.3) is 10.9 Å². The summed E-state index contributed by atoms with van der Waals surface area (Å²) in [7, 11) is 0. The maximum Gasteiger partial charge on any atom is 0.129 e. The molecule has 1 fully saturated rings. The van der Waals surface area contributed by atoms with E-state index in [1.54, 1.807) is 0 Å². The molecular weight excluding hydrogens is 470 g/mol. The third kappa shape index (κ3) is 5.06. The Bertz CT molecular complexity index is 1380. The van der Waals surface area contributed by atoms with Gasteiger partial charge in [0.05, 0.1) is 11.6 Å². The third-order valence-corrected chi connectivity index (χ3v) is 8.16. The van der Waals surface area contributed by atoms with Gasteiger partial charge < -0.3 is 9.84 Å². The summed E-state index contributed by atoms with van der Waals surface area (Å²) >= 11 is 0. The van der Waals surface area contributed by atoms with Crippen LogP contribution in [0.1, 0.15) is 39.6 Å². The van der Waals surface area contributed by atoms with E-state index >= 15 is 0 Å². The Hall–Kier alpha value is -3.25. The van der Waals surface area contributed by atoms with Crippen LogP contribution in [0.4, 0.5) is 0 Å². The Labute approximate surface area is 225 Å². The van der Waals surface area contributed by atoms with Crippen molar-refractivity contribution in [1.29, 1.82) is 0 Å². The van der Waals surface area contributed by atoms with E-state index in [0.717, 1.165) is 66.9 Å². The van der Waals surface area contributed by atoms with Crippen LogP contribution in [-0.4, -0.2) is 65.3 Å². The minimum absolute atomic E-state index is 0.274. The van der Waals surface area contributed by atoms with Gasteiger partial charge in [-0.1, -0.05) is 54.6 Å². The monoisotopic (exact) mass is 507 g/mol. The van der Waals surface area contributed by atoms with E-state index in [2.05, 4.69) is 76.3 Å². The molecule has 0 bridgehead atoms. The highest BCUT2D eigenvalue weighted by Gasteiger charge is 2.31. The van der Waals surface area contributed by atoms with Crippen LogP contribution in [0, 0.1) is 13.8 Å². The molecule has 1 unspecified atom stereocenters. The molecule has 38 heavy (non-hydrogen) atoms. The van der Waals surface area contributed by atoms with Gasteiger partial charge in [-0.25, -0.2) is 0 Å². The van der Waals surface area contributed by atoms with Crippen molar-refractivity contribution >= 4 is 10.9 Å². The third-order valence-electron chi connectivity index (χ3n) is 8.16. The molecule has 1 aromatic heterocycles. The summed E-state index contributed by atoms with van der Waals surface area (Å²) in [6.45, 7) is 8.83. The van der Waals surface area contributed by atoms with E-state index in [1.165, 1.54) is 22.3 Å². The number of aliphatic hydroxyl groups is 1. The number of aliphatic hydroxyl groups excluding tert-OH is 1. The fourth-order valence-corrected chi connectivity index (χ4v) is 6.37. The fourth-order valence-electron chi connectivity index (χ4n) is 6.37. The van der Waals surface area contributed by atoms with E-state index in [1.807, 2.05) is 25.1 Å². The van der Waals surface area contributed by atoms with E-state index in [-0.39, 0.29) is 6.61 Å². The zero-order valence-electron chi connectivity index (χ0n) is 22.4. The van der Waals surface area contributed by atoms with Crippen molar-refractivity contribution in [3.05, 3.63) is 106 Å². The normalized spacial score (nSPS) is 17.6. The number of nitrogens with zero attached hydrogens (tertiary/aromatic N) is 3. The van der Waals surface area contributed by atoms with Crippen molar-refractivity contribution in [3.63, 3.8) is 0 Å². The molecule has 5 nitrogen and oxygen atoms in total. The quantitative estimate of drug-likeness (QED) is 0.394. The summed E-state index contributed by atoms with van der Waals surface area (Å²) in [5.41, 5.74) is 8.93. The number of aromatic nitrogens is 1. The van der Waals surface area contributed by atoms with Gasteiger partial charge >= 0.3 is 0 Å². The van der Waals surface area contributed by atoms with Crippen molar-refractivity contribution in [2.45, 2.75) is 38.8 Å². The molecule has 1 saturated heterocycles. The Morgan fingerprint density at radius 1 is 0.868 bits per heavy atom. The van der Waals surface area contributed by atoms with Crippen molar-refractivity contribution < 1.29 is 9.84 Å². The van der Waals surface area contributed by atoms with Gasteiger partial charge in [-0.05, 0) is 72.7 Å². The van der Waals surface area contributed by atoms with Gasteiger partial charge in [-0.3, -0.25) is 14.8 Å². The highest BCUT2D eigenvalue weighted by Crippen LogP contribution is 2.37. The first-order valence-electron chi connectivity index (χ1n) is 13.9. The van der Waals surface area contributed by atoms with Crippen LogP contribution in [0.15, 0.2) is 72.8 Å². The Balaban J connectivity index is 1.10. The number of hydrogen-bond donors (Lipinski definition) is 1. The molecule has 196 valence electrons. The van der Waals surface area contributed by atoms with Gasteiger partial charge in [0.1, 0.15) is 18.5 Å². The fraction of sp³-hybridized carbons (Fsp3) is 0.364. The summed E-state index contributed by atoms with van der Waals surface area (Å²) in [6, 6.07) is 26.3. The molecule has 0 radical (unpaired) electrons. The number of benzene rings is 3. The minimum atomic E-state index is -0.546. The molecule has 1 N–H and O–H groups in total.